The Labute approximate surface area is 144 Å². The van der Waals surface area contributed by atoms with Gasteiger partial charge >= 0.3 is 41.5 Å². The average Bonchev–Trinajstić information content (AvgIpc) is 2.42. The van der Waals surface area contributed by atoms with Gasteiger partial charge in [0.05, 0.1) is 11.5 Å². The molecule has 0 amide bonds. The van der Waals surface area contributed by atoms with Crippen LogP contribution < -0.4 is 34.7 Å². The molecule has 0 saturated heterocycles. The van der Waals surface area contributed by atoms with Crippen molar-refractivity contribution in [2.45, 2.75) is 6.92 Å². The number of carbonyl (C=O) groups excluding carboxylic acids is 3. The van der Waals surface area contributed by atoms with Gasteiger partial charge in [0.25, 0.3) is 0 Å². The first kappa shape index (κ1) is 19.4. The number of ether oxygens (including phenoxy) is 2. The van der Waals surface area contributed by atoms with Gasteiger partial charge in [-0.2, -0.15) is 0 Å². The molecule has 0 aliphatic carbocycles. The quantitative estimate of drug-likeness (QED) is 0.246. The molecule has 1 rings (SSSR count). The number of carboxylic acid groups (broad SMARTS) is 1. The number of hydrogen-bond donors (Lipinski definition) is 0. The van der Waals surface area contributed by atoms with Crippen LogP contribution in [0.3, 0.4) is 0 Å². The molecule has 0 unspecified atom stereocenters. The van der Waals surface area contributed by atoms with Gasteiger partial charge in [-0.25, -0.2) is 9.59 Å². The van der Waals surface area contributed by atoms with E-state index in [1.54, 1.807) is 0 Å². The maximum Gasteiger partial charge on any atom is 1.00 e. The zero-order chi connectivity index (χ0) is 15.1. The van der Waals surface area contributed by atoms with Crippen LogP contribution in [0.5, 0.6) is 0 Å². The van der Waals surface area contributed by atoms with E-state index in [1.165, 1.54) is 31.2 Å². The van der Waals surface area contributed by atoms with E-state index in [9.17, 15) is 19.5 Å². The van der Waals surface area contributed by atoms with Crippen LogP contribution in [0.4, 0.5) is 0 Å². The Hall–Kier alpha value is -1.63. The summed E-state index contributed by atoms with van der Waals surface area (Å²) in [5, 5.41) is 10.8. The van der Waals surface area contributed by atoms with Gasteiger partial charge in [0.15, 0.2) is 0 Å². The van der Waals surface area contributed by atoms with E-state index in [0.717, 1.165) is 0 Å². The first-order chi connectivity index (χ1) is 9.43. The molecular weight excluding hydrogens is 287 g/mol. The van der Waals surface area contributed by atoms with Crippen LogP contribution in [0, 0.1) is 0 Å². The summed E-state index contributed by atoms with van der Waals surface area (Å²) in [5.41, 5.74) is -0.131. The molecule has 0 bridgehead atoms. The minimum absolute atomic E-state index is 0. The molecule has 1 aromatic carbocycles. The number of aromatic carboxylic acids is 1. The van der Waals surface area contributed by atoms with E-state index in [4.69, 9.17) is 9.47 Å². The zero-order valence-electron chi connectivity index (χ0n) is 11.9. The van der Waals surface area contributed by atoms with Crippen LogP contribution >= 0.6 is 0 Å². The van der Waals surface area contributed by atoms with Crippen molar-refractivity contribution in [3.05, 3.63) is 47.5 Å². The summed E-state index contributed by atoms with van der Waals surface area (Å²) in [4.78, 5) is 33.6. The van der Waals surface area contributed by atoms with E-state index in [1.807, 2.05) is 0 Å². The van der Waals surface area contributed by atoms with Gasteiger partial charge in [-0.1, -0.05) is 24.8 Å². The summed E-state index contributed by atoms with van der Waals surface area (Å²) in [6, 6.07) is 5.53. The third kappa shape index (κ3) is 6.12. The normalized spacial score (nSPS) is 9.19. The van der Waals surface area contributed by atoms with Crippen molar-refractivity contribution in [2.24, 2.45) is 0 Å². The van der Waals surface area contributed by atoms with E-state index >= 15 is 0 Å². The summed E-state index contributed by atoms with van der Waals surface area (Å²) in [5.74, 6) is -2.88. The molecule has 7 heteroatoms. The van der Waals surface area contributed by atoms with Gasteiger partial charge in [-0.3, -0.25) is 0 Å². The Morgan fingerprint density at radius 2 is 1.62 bits per heavy atom. The van der Waals surface area contributed by atoms with Crippen molar-refractivity contribution in [3.8, 4) is 0 Å². The largest absolute Gasteiger partial charge is 1.00 e. The van der Waals surface area contributed by atoms with Gasteiger partial charge in [0, 0.05) is 11.1 Å². The molecule has 0 fully saturated rings. The van der Waals surface area contributed by atoms with E-state index in [0.29, 0.717) is 0 Å². The second-order valence-electron chi connectivity index (χ2n) is 3.89. The van der Waals surface area contributed by atoms with Crippen LogP contribution in [-0.2, 0) is 14.3 Å². The minimum atomic E-state index is -1.47. The summed E-state index contributed by atoms with van der Waals surface area (Å²) in [6.45, 7) is 4.57. The Balaban J connectivity index is 0.00000400. The van der Waals surface area contributed by atoms with Crippen molar-refractivity contribution in [2.75, 3.05) is 13.2 Å². The Bertz CT molecular complexity index is 552. The minimum Gasteiger partial charge on any atom is -0.545 e. The molecule has 0 spiro atoms. The number of carboxylic acids is 1. The molecular formula is C14H13NaO6. The van der Waals surface area contributed by atoms with Gasteiger partial charge in [0.2, 0.25) is 0 Å². The first-order valence-electron chi connectivity index (χ1n) is 5.73. The molecule has 21 heavy (non-hydrogen) atoms. The number of benzene rings is 1. The third-order valence-corrected chi connectivity index (χ3v) is 2.26. The van der Waals surface area contributed by atoms with E-state index in [-0.39, 0.29) is 59.5 Å². The first-order valence-corrected chi connectivity index (χ1v) is 5.73. The second kappa shape index (κ2) is 9.33. The molecule has 0 radical (unpaired) electrons. The van der Waals surface area contributed by atoms with Gasteiger partial charge in [-0.05, 0) is 13.0 Å². The van der Waals surface area contributed by atoms with Crippen LogP contribution in [0.25, 0.3) is 0 Å². The van der Waals surface area contributed by atoms with Crippen LogP contribution in [0.15, 0.2) is 36.4 Å². The molecule has 0 atom stereocenters. The number of esters is 2. The monoisotopic (exact) mass is 300 g/mol. The Morgan fingerprint density at radius 1 is 1.10 bits per heavy atom. The maximum absolute atomic E-state index is 11.7. The predicted molar refractivity (Wildman–Crippen MR) is 66.8 cm³/mol. The van der Waals surface area contributed by atoms with Crippen molar-refractivity contribution in [1.82, 2.24) is 0 Å². The standard InChI is InChI=1S/C14H14O6.Na/c1-9(2)13(17)19-7-8-20-14(18)11-6-4-3-5-10(11)12(15)16;/h3-6H,1,7-8H2,2H3,(H,15,16);/q;+1/p-1. The topological polar surface area (TPSA) is 92.7 Å². The van der Waals surface area contributed by atoms with E-state index < -0.39 is 17.9 Å². The Morgan fingerprint density at radius 3 is 2.14 bits per heavy atom. The summed E-state index contributed by atoms with van der Waals surface area (Å²) < 4.78 is 9.54. The fraction of sp³-hybridized carbons (Fsp3) is 0.214. The number of rotatable bonds is 6. The molecule has 106 valence electrons. The Kier molecular flexibility index (Phi) is 8.61. The van der Waals surface area contributed by atoms with Crippen LogP contribution in [0.1, 0.15) is 27.6 Å². The molecule has 0 aromatic heterocycles. The molecule has 0 aliphatic heterocycles. The second-order valence-corrected chi connectivity index (χ2v) is 3.89. The fourth-order valence-electron chi connectivity index (χ4n) is 1.31. The smallest absolute Gasteiger partial charge is 0.545 e. The molecule has 6 nitrogen and oxygen atoms in total. The third-order valence-electron chi connectivity index (χ3n) is 2.26. The summed E-state index contributed by atoms with van der Waals surface area (Å²) in [7, 11) is 0. The molecule has 0 aliphatic rings. The predicted octanol–water partition coefficient (Wildman–Crippen LogP) is -2.67. The van der Waals surface area contributed by atoms with Crippen LogP contribution in [-0.4, -0.2) is 31.1 Å². The molecule has 1 aromatic rings. The fourth-order valence-corrected chi connectivity index (χ4v) is 1.31. The van der Waals surface area contributed by atoms with Crippen molar-refractivity contribution < 1.29 is 58.5 Å². The van der Waals surface area contributed by atoms with Gasteiger partial charge in [-0.15, -0.1) is 0 Å². The molecule has 0 heterocycles. The van der Waals surface area contributed by atoms with Gasteiger partial charge < -0.3 is 19.4 Å². The molecule has 0 saturated carbocycles. The summed E-state index contributed by atoms with van der Waals surface area (Å²) in [6.07, 6.45) is 0. The SMILES string of the molecule is C=C(C)C(=O)OCCOC(=O)c1ccccc1C(=O)[O-].[Na+]. The number of hydrogen-bond acceptors (Lipinski definition) is 6. The van der Waals surface area contributed by atoms with Gasteiger partial charge in [0.1, 0.15) is 13.2 Å². The zero-order valence-corrected chi connectivity index (χ0v) is 13.9. The number of carbonyl (C=O) groups is 3. The molecule has 0 N–H and O–H groups in total. The average molecular weight is 300 g/mol. The van der Waals surface area contributed by atoms with Crippen molar-refractivity contribution in [3.63, 3.8) is 0 Å². The maximum atomic E-state index is 11.7. The summed E-state index contributed by atoms with van der Waals surface area (Å²) >= 11 is 0. The van der Waals surface area contributed by atoms with Crippen LogP contribution in [0.2, 0.25) is 0 Å². The van der Waals surface area contributed by atoms with Crippen molar-refractivity contribution >= 4 is 17.9 Å². The van der Waals surface area contributed by atoms with Crippen molar-refractivity contribution in [1.29, 1.82) is 0 Å². The van der Waals surface area contributed by atoms with E-state index in [2.05, 4.69) is 6.58 Å².